The average molecular weight is 699 g/mol. The number of amides is 1. The number of esters is 1. The number of aldehydes is 1. The van der Waals surface area contributed by atoms with E-state index >= 15 is 0 Å². The van der Waals surface area contributed by atoms with Gasteiger partial charge < -0.3 is 33.8 Å². The lowest BCUT2D eigenvalue weighted by Crippen LogP contribution is -2.41. The number of methoxy groups -OCH3 is 1. The average Bonchev–Trinajstić information content (AvgIpc) is 3.26. The van der Waals surface area contributed by atoms with Crippen LogP contribution in [0.2, 0.25) is 0 Å². The number of hydrogen-bond donors (Lipinski definition) is 1. The molecule has 0 aliphatic carbocycles. The number of carbonyl (C=O) groups excluding carboxylic acids is 3. The number of alkyl halides is 3. The zero-order chi connectivity index (χ0) is 37.5. The quantitative estimate of drug-likeness (QED) is 0.146. The first-order chi connectivity index (χ1) is 23.2. The molecule has 4 rings (SSSR count). The van der Waals surface area contributed by atoms with Crippen molar-refractivity contribution < 1.29 is 46.3 Å². The van der Waals surface area contributed by atoms with Crippen molar-refractivity contribution in [2.24, 2.45) is 0 Å². The molecule has 0 radical (unpaired) electrons. The Bertz CT molecular complexity index is 1600. The van der Waals surface area contributed by atoms with Crippen molar-refractivity contribution in [1.29, 1.82) is 0 Å². The van der Waals surface area contributed by atoms with Gasteiger partial charge >= 0.3 is 19.3 Å². The minimum atomic E-state index is -4.47. The summed E-state index contributed by atoms with van der Waals surface area (Å²) in [6, 6.07) is 18.4. The maximum absolute atomic E-state index is 13.3. The summed E-state index contributed by atoms with van der Waals surface area (Å²) in [5, 5.41) is 3.04. The van der Waals surface area contributed by atoms with E-state index in [4.69, 9.17) is 18.8 Å². The van der Waals surface area contributed by atoms with Crippen molar-refractivity contribution in [1.82, 2.24) is 4.90 Å². The maximum atomic E-state index is 13.3. The van der Waals surface area contributed by atoms with Crippen molar-refractivity contribution >= 4 is 36.4 Å². The molecule has 1 aliphatic rings. The van der Waals surface area contributed by atoms with Gasteiger partial charge in [-0.2, -0.15) is 13.2 Å². The first-order valence-electron chi connectivity index (χ1n) is 16.1. The summed E-state index contributed by atoms with van der Waals surface area (Å²) in [7, 11) is 2.65. The molecule has 13 heteroatoms. The number of anilines is 1. The van der Waals surface area contributed by atoms with Crippen molar-refractivity contribution in [2.75, 3.05) is 26.0 Å². The second-order valence-electron chi connectivity index (χ2n) is 13.8. The van der Waals surface area contributed by atoms with Crippen LogP contribution in [0.3, 0.4) is 0 Å². The minimum Gasteiger partial charge on any atom is -0.497 e. The van der Waals surface area contributed by atoms with E-state index in [1.54, 1.807) is 12.1 Å². The number of rotatable bonds is 10. The molecule has 1 heterocycles. The molecule has 0 bridgehead atoms. The third kappa shape index (κ3) is 10.8. The van der Waals surface area contributed by atoms with Crippen molar-refractivity contribution in [3.8, 4) is 5.75 Å². The number of hydrogen-bond acceptors (Lipinski definition) is 8. The molecule has 3 aromatic rings. The molecule has 0 spiro atoms. The van der Waals surface area contributed by atoms with E-state index in [0.717, 1.165) is 22.8 Å². The number of benzene rings is 3. The van der Waals surface area contributed by atoms with Gasteiger partial charge in [0.1, 0.15) is 24.2 Å². The second kappa shape index (κ2) is 16.1. The second-order valence-corrected chi connectivity index (χ2v) is 13.8. The predicted molar refractivity (Wildman–Crippen MR) is 186 cm³/mol. The van der Waals surface area contributed by atoms with E-state index in [-0.39, 0.29) is 36.7 Å². The highest BCUT2D eigenvalue weighted by Crippen LogP contribution is 2.37. The fourth-order valence-corrected chi connectivity index (χ4v) is 4.89. The Morgan fingerprint density at radius 2 is 1.50 bits per heavy atom. The van der Waals surface area contributed by atoms with E-state index in [2.05, 4.69) is 5.32 Å². The van der Waals surface area contributed by atoms with E-state index in [1.807, 2.05) is 91.9 Å². The predicted octanol–water partition coefficient (Wildman–Crippen LogP) is 6.47. The van der Waals surface area contributed by atoms with E-state index in [0.29, 0.717) is 11.8 Å². The lowest BCUT2D eigenvalue weighted by atomic mass is 9.79. The highest BCUT2D eigenvalue weighted by Gasteiger charge is 2.51. The van der Waals surface area contributed by atoms with Gasteiger partial charge in [-0.1, -0.05) is 30.3 Å². The summed E-state index contributed by atoms with van der Waals surface area (Å²) in [5.41, 5.74) is 0.845. The molecular formula is C37H46BF3N2O7. The Morgan fingerprint density at radius 3 is 1.98 bits per heavy atom. The van der Waals surface area contributed by atoms with E-state index in [9.17, 15) is 27.6 Å². The van der Waals surface area contributed by atoms with Crippen molar-refractivity contribution in [3.63, 3.8) is 0 Å². The van der Waals surface area contributed by atoms with Crippen molar-refractivity contribution in [3.05, 3.63) is 89.0 Å². The molecule has 50 heavy (non-hydrogen) atoms. The number of ether oxygens (including phenoxy) is 2. The third-order valence-corrected chi connectivity index (χ3v) is 8.25. The first-order valence-corrected chi connectivity index (χ1v) is 16.1. The first kappa shape index (κ1) is 40.1. The molecule has 0 atom stereocenters. The van der Waals surface area contributed by atoms with Gasteiger partial charge in [-0.25, -0.2) is 0 Å². The Kier molecular flexibility index (Phi) is 12.9. The summed E-state index contributed by atoms with van der Waals surface area (Å²) < 4.78 is 60.0. The number of nitrogens with zero attached hydrogens (tertiary/aromatic N) is 1. The fraction of sp³-hybridized carbons (Fsp3) is 0.432. The minimum absolute atomic E-state index is 0.0432. The van der Waals surface area contributed by atoms with Crippen LogP contribution in [0, 0.1) is 0 Å². The van der Waals surface area contributed by atoms with Crippen LogP contribution < -0.4 is 15.5 Å². The Labute approximate surface area is 292 Å². The highest BCUT2D eigenvalue weighted by molar-refractivity contribution is 6.62. The van der Waals surface area contributed by atoms with Gasteiger partial charge in [0.05, 0.1) is 23.9 Å². The molecule has 9 nitrogen and oxygen atoms in total. The lowest BCUT2D eigenvalue weighted by Gasteiger charge is -2.32. The van der Waals surface area contributed by atoms with Crippen molar-refractivity contribution in [2.45, 2.75) is 84.4 Å². The van der Waals surface area contributed by atoms with Gasteiger partial charge in [0.25, 0.3) is 5.91 Å². The summed E-state index contributed by atoms with van der Waals surface area (Å²) in [5.74, 6) is -0.572. The van der Waals surface area contributed by atoms with E-state index < -0.39 is 41.6 Å². The molecule has 0 unspecified atom stereocenters. The summed E-state index contributed by atoms with van der Waals surface area (Å²) in [6.07, 6.45) is -4.28. The molecule has 0 aromatic heterocycles. The smallest absolute Gasteiger partial charge is 0.494 e. The molecule has 1 aliphatic heterocycles. The Hall–Kier alpha value is -4.36. The van der Waals surface area contributed by atoms with Gasteiger partial charge in [0, 0.05) is 31.3 Å². The Morgan fingerprint density at radius 1 is 0.920 bits per heavy atom. The number of carbonyl (C=O) groups is 3. The van der Waals surface area contributed by atoms with Crippen LogP contribution in [-0.2, 0) is 42.8 Å². The SMILES string of the molecule is CNc1ccc(C(=O)N(CC(=O)OC(C)(C)C)Cc2ccc(B3OC(C)(C)C(C)(C)O3)cc2)cc1.COc1ccc(CC=O)c(C(F)(F)F)c1. The van der Waals surface area contributed by atoms with Crippen LogP contribution in [0.15, 0.2) is 66.7 Å². The van der Waals surface area contributed by atoms with Crippen LogP contribution in [0.25, 0.3) is 0 Å². The molecule has 1 N–H and O–H groups in total. The topological polar surface area (TPSA) is 103 Å². The van der Waals surface area contributed by atoms with Gasteiger partial charge in [-0.3, -0.25) is 9.59 Å². The number of halogens is 3. The Balaban J connectivity index is 0.000000376. The zero-order valence-corrected chi connectivity index (χ0v) is 30.1. The molecule has 1 saturated heterocycles. The molecule has 3 aromatic carbocycles. The normalized spacial score (nSPS) is 15.0. The molecule has 270 valence electrons. The summed E-state index contributed by atoms with van der Waals surface area (Å²) in [6.45, 7) is 13.6. The van der Waals surface area contributed by atoms with Crippen LogP contribution in [0.5, 0.6) is 5.75 Å². The molecular weight excluding hydrogens is 652 g/mol. The van der Waals surface area contributed by atoms with Crippen LogP contribution >= 0.6 is 0 Å². The maximum Gasteiger partial charge on any atom is 0.494 e. The third-order valence-electron chi connectivity index (χ3n) is 8.25. The monoisotopic (exact) mass is 698 g/mol. The molecule has 0 saturated carbocycles. The highest BCUT2D eigenvalue weighted by atomic mass is 19.4. The largest absolute Gasteiger partial charge is 0.497 e. The van der Waals surface area contributed by atoms with Crippen LogP contribution in [-0.4, -0.2) is 67.7 Å². The van der Waals surface area contributed by atoms with E-state index in [1.165, 1.54) is 24.1 Å². The molecule has 1 fully saturated rings. The summed E-state index contributed by atoms with van der Waals surface area (Å²) >= 11 is 0. The molecule has 1 amide bonds. The standard InChI is InChI=1S/C27H37BN2O5.C10H9F3O2/c1-25(2,3)33-23(31)18-30(24(32)20-11-15-22(29-8)16-12-20)17-19-9-13-21(14-10-19)28-34-26(4,5)27(6,7)35-28;1-15-8-3-2-7(4-5-14)9(6-8)10(11,12)13/h9-16,29H,17-18H2,1-8H3;2-3,5-6H,4H2,1H3. The van der Waals surface area contributed by atoms with Crippen LogP contribution in [0.1, 0.15) is 75.5 Å². The lowest BCUT2D eigenvalue weighted by molar-refractivity contribution is -0.155. The van der Waals surface area contributed by atoms with Gasteiger partial charge in [0.15, 0.2) is 0 Å². The fourth-order valence-electron chi connectivity index (χ4n) is 4.89. The summed E-state index contributed by atoms with van der Waals surface area (Å²) in [4.78, 5) is 37.6. The van der Waals surface area contributed by atoms with Gasteiger partial charge in [0.2, 0.25) is 0 Å². The van der Waals surface area contributed by atoms with Gasteiger partial charge in [-0.05, 0) is 101 Å². The number of nitrogens with one attached hydrogen (secondary N) is 1. The zero-order valence-electron chi connectivity index (χ0n) is 30.1. The van der Waals surface area contributed by atoms with Crippen LogP contribution in [0.4, 0.5) is 18.9 Å². The van der Waals surface area contributed by atoms with Gasteiger partial charge in [-0.15, -0.1) is 0 Å².